The van der Waals surface area contributed by atoms with Crippen molar-refractivity contribution in [1.82, 2.24) is 0 Å². The van der Waals surface area contributed by atoms with Gasteiger partial charge in [-0.05, 0) is 50.4 Å². The number of nitriles is 1. The standard InChI is InChI=1S/C16H25N/c1-13(7-6-12-17)9-10-15-14(2)8-5-11-16(15,3)4/h6-7,13H,5,8-11H2,1-4H3/b7-6-. The highest BCUT2D eigenvalue weighted by Crippen LogP contribution is 2.42. The molecule has 17 heavy (non-hydrogen) atoms. The molecule has 0 spiro atoms. The van der Waals surface area contributed by atoms with E-state index in [0.29, 0.717) is 11.3 Å². The molecule has 0 heterocycles. The van der Waals surface area contributed by atoms with E-state index in [4.69, 9.17) is 5.26 Å². The van der Waals surface area contributed by atoms with Crippen LogP contribution in [-0.4, -0.2) is 0 Å². The highest BCUT2D eigenvalue weighted by molar-refractivity contribution is 5.22. The van der Waals surface area contributed by atoms with E-state index in [1.807, 2.05) is 6.08 Å². The Morgan fingerprint density at radius 1 is 1.47 bits per heavy atom. The van der Waals surface area contributed by atoms with Crippen molar-refractivity contribution in [3.8, 4) is 6.07 Å². The molecule has 0 amide bonds. The van der Waals surface area contributed by atoms with Crippen molar-refractivity contribution < 1.29 is 0 Å². The minimum atomic E-state index is 0.390. The van der Waals surface area contributed by atoms with E-state index in [2.05, 4.69) is 33.8 Å². The van der Waals surface area contributed by atoms with E-state index in [-0.39, 0.29) is 0 Å². The zero-order valence-corrected chi connectivity index (χ0v) is 11.7. The molecule has 0 N–H and O–H groups in total. The maximum Gasteiger partial charge on any atom is 0.0908 e. The van der Waals surface area contributed by atoms with E-state index in [9.17, 15) is 0 Å². The van der Waals surface area contributed by atoms with Gasteiger partial charge in [0.1, 0.15) is 0 Å². The highest BCUT2D eigenvalue weighted by atomic mass is 14.3. The third kappa shape index (κ3) is 4.04. The zero-order valence-electron chi connectivity index (χ0n) is 11.7. The second-order valence-corrected chi connectivity index (χ2v) is 6.00. The van der Waals surface area contributed by atoms with Gasteiger partial charge in [0, 0.05) is 6.08 Å². The molecule has 0 bridgehead atoms. The summed E-state index contributed by atoms with van der Waals surface area (Å²) in [5, 5.41) is 8.51. The molecule has 1 heteroatoms. The predicted molar refractivity (Wildman–Crippen MR) is 73.5 cm³/mol. The van der Waals surface area contributed by atoms with Crippen molar-refractivity contribution >= 4 is 0 Å². The Labute approximate surface area is 106 Å². The first-order valence-electron chi connectivity index (χ1n) is 6.73. The third-order valence-electron chi connectivity index (χ3n) is 4.03. The molecule has 0 radical (unpaired) electrons. The molecule has 0 aromatic carbocycles. The molecule has 94 valence electrons. The minimum Gasteiger partial charge on any atom is -0.193 e. The lowest BCUT2D eigenvalue weighted by atomic mass is 9.71. The van der Waals surface area contributed by atoms with E-state index >= 15 is 0 Å². The quantitative estimate of drug-likeness (QED) is 0.493. The van der Waals surface area contributed by atoms with E-state index in [1.165, 1.54) is 25.7 Å². The zero-order chi connectivity index (χ0) is 12.9. The summed E-state index contributed by atoms with van der Waals surface area (Å²) in [7, 11) is 0. The SMILES string of the molecule is CC1=C(CCC(C)/C=C\C#N)C(C)(C)CCC1. The Morgan fingerprint density at radius 2 is 2.18 bits per heavy atom. The van der Waals surface area contributed by atoms with Crippen molar-refractivity contribution in [1.29, 1.82) is 5.26 Å². The molecule has 1 rings (SSSR count). The lowest BCUT2D eigenvalue weighted by Crippen LogP contribution is -2.20. The average Bonchev–Trinajstić information content (AvgIpc) is 2.24. The van der Waals surface area contributed by atoms with Crippen LogP contribution >= 0.6 is 0 Å². The van der Waals surface area contributed by atoms with Crippen LogP contribution in [0.15, 0.2) is 23.3 Å². The summed E-state index contributed by atoms with van der Waals surface area (Å²) in [4.78, 5) is 0. The van der Waals surface area contributed by atoms with Gasteiger partial charge in [-0.25, -0.2) is 0 Å². The van der Waals surface area contributed by atoms with Gasteiger partial charge in [0.25, 0.3) is 0 Å². The fraction of sp³-hybridized carbons (Fsp3) is 0.688. The second kappa shape index (κ2) is 6.05. The van der Waals surface area contributed by atoms with Gasteiger partial charge in [-0.2, -0.15) is 5.26 Å². The number of hydrogen-bond donors (Lipinski definition) is 0. The van der Waals surface area contributed by atoms with Crippen LogP contribution < -0.4 is 0 Å². The molecule has 0 aromatic rings. The molecule has 1 nitrogen and oxygen atoms in total. The summed E-state index contributed by atoms with van der Waals surface area (Å²) in [6, 6.07) is 2.07. The van der Waals surface area contributed by atoms with Crippen LogP contribution in [0.5, 0.6) is 0 Å². The van der Waals surface area contributed by atoms with E-state index in [0.717, 1.165) is 6.42 Å². The van der Waals surface area contributed by atoms with Gasteiger partial charge in [-0.3, -0.25) is 0 Å². The van der Waals surface area contributed by atoms with Crippen LogP contribution in [-0.2, 0) is 0 Å². The second-order valence-electron chi connectivity index (χ2n) is 6.00. The average molecular weight is 231 g/mol. The molecular formula is C16H25N. The lowest BCUT2D eigenvalue weighted by molar-refractivity contribution is 0.348. The van der Waals surface area contributed by atoms with Crippen LogP contribution in [0.1, 0.15) is 59.8 Å². The fourth-order valence-electron chi connectivity index (χ4n) is 2.90. The number of hydrogen-bond acceptors (Lipinski definition) is 1. The highest BCUT2D eigenvalue weighted by Gasteiger charge is 2.27. The summed E-state index contributed by atoms with van der Waals surface area (Å²) >= 11 is 0. The summed E-state index contributed by atoms with van der Waals surface area (Å²) < 4.78 is 0. The normalized spacial score (nSPS) is 21.6. The molecule has 1 unspecified atom stereocenters. The first-order chi connectivity index (χ1) is 7.97. The number of nitrogens with zero attached hydrogens (tertiary/aromatic N) is 1. The van der Waals surface area contributed by atoms with Crippen molar-refractivity contribution in [3.63, 3.8) is 0 Å². The Balaban J connectivity index is 2.61. The number of rotatable bonds is 4. The molecule has 1 aliphatic carbocycles. The molecule has 0 aromatic heterocycles. The molecule has 0 saturated heterocycles. The summed E-state index contributed by atoms with van der Waals surface area (Å²) in [5.41, 5.74) is 3.67. The topological polar surface area (TPSA) is 23.8 Å². The van der Waals surface area contributed by atoms with Gasteiger partial charge in [-0.1, -0.05) is 38.0 Å². The molecular weight excluding hydrogens is 206 g/mol. The van der Waals surface area contributed by atoms with Crippen LogP contribution in [0.4, 0.5) is 0 Å². The van der Waals surface area contributed by atoms with Crippen molar-refractivity contribution in [2.45, 2.75) is 59.8 Å². The van der Waals surface area contributed by atoms with E-state index in [1.54, 1.807) is 17.2 Å². The first kappa shape index (κ1) is 14.0. The van der Waals surface area contributed by atoms with Crippen LogP contribution in [0.3, 0.4) is 0 Å². The molecule has 1 aliphatic rings. The van der Waals surface area contributed by atoms with Gasteiger partial charge < -0.3 is 0 Å². The smallest absolute Gasteiger partial charge is 0.0908 e. The molecule has 0 fully saturated rings. The van der Waals surface area contributed by atoms with Gasteiger partial charge in [-0.15, -0.1) is 0 Å². The van der Waals surface area contributed by atoms with Crippen molar-refractivity contribution in [3.05, 3.63) is 23.3 Å². The third-order valence-corrected chi connectivity index (χ3v) is 4.03. The van der Waals surface area contributed by atoms with Gasteiger partial charge in [0.05, 0.1) is 6.07 Å². The van der Waals surface area contributed by atoms with Crippen LogP contribution in [0.25, 0.3) is 0 Å². The van der Waals surface area contributed by atoms with Gasteiger partial charge in [0.2, 0.25) is 0 Å². The lowest BCUT2D eigenvalue weighted by Gasteiger charge is -2.35. The molecule has 0 saturated carbocycles. The number of allylic oxidation sites excluding steroid dienone is 4. The Kier molecular flexibility index (Phi) is 5.00. The van der Waals surface area contributed by atoms with Crippen LogP contribution in [0.2, 0.25) is 0 Å². The van der Waals surface area contributed by atoms with Crippen molar-refractivity contribution in [2.75, 3.05) is 0 Å². The Morgan fingerprint density at radius 3 is 2.76 bits per heavy atom. The predicted octanol–water partition coefficient (Wildman–Crippen LogP) is 5.01. The maximum absolute atomic E-state index is 8.51. The Hall–Kier alpha value is -1.03. The first-order valence-corrected chi connectivity index (χ1v) is 6.73. The van der Waals surface area contributed by atoms with Crippen molar-refractivity contribution in [2.24, 2.45) is 11.3 Å². The largest absolute Gasteiger partial charge is 0.193 e. The monoisotopic (exact) mass is 231 g/mol. The molecule has 1 atom stereocenters. The summed E-state index contributed by atoms with van der Waals surface area (Å²) in [6.45, 7) is 9.24. The Bertz CT molecular complexity index is 352. The summed E-state index contributed by atoms with van der Waals surface area (Å²) in [6.07, 6.45) is 9.92. The summed E-state index contributed by atoms with van der Waals surface area (Å²) in [5.74, 6) is 0.507. The fourth-order valence-corrected chi connectivity index (χ4v) is 2.90. The minimum absolute atomic E-state index is 0.390. The maximum atomic E-state index is 8.51. The molecule has 0 aliphatic heterocycles. The van der Waals surface area contributed by atoms with Gasteiger partial charge in [0.15, 0.2) is 0 Å². The van der Waals surface area contributed by atoms with Crippen LogP contribution in [0, 0.1) is 22.7 Å². The van der Waals surface area contributed by atoms with E-state index < -0.39 is 0 Å². The van der Waals surface area contributed by atoms with Gasteiger partial charge >= 0.3 is 0 Å².